The molecule has 2 nitrogen and oxygen atoms in total. The third kappa shape index (κ3) is 0.985. The highest BCUT2D eigenvalue weighted by Crippen LogP contribution is 2.36. The predicted molar refractivity (Wildman–Crippen MR) is 42.9 cm³/mol. The van der Waals surface area contributed by atoms with Gasteiger partial charge in [0.05, 0.1) is 2.74 Å². The molecule has 1 fully saturated rings. The second-order valence-corrected chi connectivity index (χ2v) is 2.52. The number of aromatic nitrogens is 2. The quantitative estimate of drug-likeness (QED) is 0.695. The van der Waals surface area contributed by atoms with E-state index in [1.54, 1.807) is 0 Å². The first-order valence-electron chi connectivity index (χ1n) is 7.06. The minimum Gasteiger partial charge on any atom is -0.331 e. The van der Waals surface area contributed by atoms with Crippen molar-refractivity contribution in [3.05, 3.63) is 16.6 Å². The largest absolute Gasteiger partial charge is 0.331 e. The summed E-state index contributed by atoms with van der Waals surface area (Å²) in [6.07, 6.45) is -5.74. The topological polar surface area (TPSA) is 17.8 Å². The molecule has 10 heavy (non-hydrogen) atoms. The highest BCUT2D eigenvalue weighted by atomic mass is 79.9. The van der Waals surface area contributed by atoms with E-state index >= 15 is 0 Å². The van der Waals surface area contributed by atoms with Gasteiger partial charge in [-0.1, -0.05) is 0 Å². The van der Waals surface area contributed by atoms with Gasteiger partial charge in [0.2, 0.25) is 0 Å². The minimum absolute atomic E-state index is 0.163. The van der Waals surface area contributed by atoms with E-state index in [2.05, 4.69) is 20.9 Å². The molecule has 0 spiro atoms. The van der Waals surface area contributed by atoms with Crippen molar-refractivity contribution in [2.45, 2.75) is 25.6 Å². The van der Waals surface area contributed by atoms with E-state index in [1.165, 1.54) is 0 Å². The summed E-state index contributed by atoms with van der Waals surface area (Å²) >= 11 is 2.86. The standard InChI is InChI=1S/C7H9BrN2/c1-5-9-7(8)4-10(5)6-2-3-6/h4,6H,2-3H2,1H3/i1D3,2D2,3D2,4D,6D. The number of aryl methyl sites for hydroxylation is 1. The predicted octanol–water partition coefficient (Wildman–Crippen LogP) is 2.29. The van der Waals surface area contributed by atoms with Crippen molar-refractivity contribution in [1.82, 2.24) is 9.55 Å². The van der Waals surface area contributed by atoms with E-state index in [9.17, 15) is 0 Å². The summed E-state index contributed by atoms with van der Waals surface area (Å²) in [5.74, 6) is -0.676. The average molecular weight is 210 g/mol. The molecule has 0 saturated heterocycles. The maximum absolute atomic E-state index is 7.95. The van der Waals surface area contributed by atoms with Crippen molar-refractivity contribution >= 4 is 15.9 Å². The monoisotopic (exact) mass is 209 g/mol. The molecule has 2 rings (SSSR count). The van der Waals surface area contributed by atoms with Crippen LogP contribution >= 0.6 is 15.9 Å². The van der Waals surface area contributed by atoms with Gasteiger partial charge >= 0.3 is 0 Å². The van der Waals surface area contributed by atoms with Crippen molar-refractivity contribution in [1.29, 1.82) is 0 Å². The zero-order valence-corrected chi connectivity index (χ0v) is 6.36. The molecule has 0 unspecified atom stereocenters. The Balaban J connectivity index is 2.73. The van der Waals surface area contributed by atoms with Gasteiger partial charge < -0.3 is 4.57 Å². The van der Waals surface area contributed by atoms with Crippen LogP contribution in [0, 0.1) is 6.85 Å². The van der Waals surface area contributed by atoms with Crippen LogP contribution in [0.25, 0.3) is 0 Å². The highest BCUT2D eigenvalue weighted by Gasteiger charge is 2.24. The maximum atomic E-state index is 7.95. The number of imidazole rings is 1. The number of rotatable bonds is 1. The molecule has 1 saturated carbocycles. The van der Waals surface area contributed by atoms with Gasteiger partial charge in [-0.15, -0.1) is 0 Å². The Morgan fingerprint density at radius 2 is 3.00 bits per heavy atom. The number of hydrogen-bond donors (Lipinski definition) is 0. The summed E-state index contributed by atoms with van der Waals surface area (Å²) in [6.45, 7) is -2.77. The molecule has 3 heteroatoms. The first-order valence-corrected chi connectivity index (χ1v) is 3.35. The maximum Gasteiger partial charge on any atom is 0.124 e. The Morgan fingerprint density at radius 3 is 3.60 bits per heavy atom. The lowest BCUT2D eigenvalue weighted by Crippen LogP contribution is -1.93. The number of hydrogen-bond acceptors (Lipinski definition) is 1. The van der Waals surface area contributed by atoms with Crippen LogP contribution in [0.4, 0.5) is 0 Å². The average Bonchev–Trinajstić information content (AvgIpc) is 2.50. The molecule has 1 aromatic heterocycles. The van der Waals surface area contributed by atoms with Crippen molar-refractivity contribution in [3.8, 4) is 0 Å². The van der Waals surface area contributed by atoms with Crippen LogP contribution in [0.1, 0.15) is 36.9 Å². The summed E-state index contributed by atoms with van der Waals surface area (Å²) in [6, 6.07) is -2.51. The Labute approximate surface area is 81.0 Å². The van der Waals surface area contributed by atoms with Gasteiger partial charge in [-0.05, 0) is 35.5 Å². The van der Waals surface area contributed by atoms with E-state index in [0.29, 0.717) is 4.57 Å². The van der Waals surface area contributed by atoms with Crippen LogP contribution in [0.5, 0.6) is 0 Å². The fourth-order valence-electron chi connectivity index (χ4n) is 0.615. The summed E-state index contributed by atoms with van der Waals surface area (Å²) in [5, 5.41) is 0. The van der Waals surface area contributed by atoms with Gasteiger partial charge in [0, 0.05) is 21.8 Å². The number of nitrogens with zero attached hydrogens (tertiary/aromatic N) is 2. The first-order chi connectivity index (χ1) is 8.30. The summed E-state index contributed by atoms with van der Waals surface area (Å²) in [5.41, 5.74) is 0. The van der Waals surface area contributed by atoms with E-state index in [4.69, 9.17) is 12.3 Å². The third-order valence-electron chi connectivity index (χ3n) is 1.08. The van der Waals surface area contributed by atoms with Crippen molar-refractivity contribution in [2.75, 3.05) is 0 Å². The molecule has 0 bridgehead atoms. The molecule has 54 valence electrons. The normalized spacial score (nSPS) is 45.5. The Morgan fingerprint density at radius 1 is 2.20 bits per heavy atom. The minimum atomic E-state index is -2.77. The van der Waals surface area contributed by atoms with Crippen LogP contribution < -0.4 is 0 Å². The van der Waals surface area contributed by atoms with Gasteiger partial charge in [0.25, 0.3) is 0 Å². The third-order valence-corrected chi connectivity index (χ3v) is 1.43. The zero-order valence-electron chi connectivity index (χ0n) is 13.8. The molecule has 0 atom stereocenters. The van der Waals surface area contributed by atoms with Crippen LogP contribution in [-0.2, 0) is 0 Å². The highest BCUT2D eigenvalue weighted by molar-refractivity contribution is 9.10. The lowest BCUT2D eigenvalue weighted by atomic mass is 10.6. The van der Waals surface area contributed by atoms with Crippen LogP contribution in [0.15, 0.2) is 10.8 Å². The molecule has 0 aromatic carbocycles. The molecule has 0 aliphatic heterocycles. The van der Waals surface area contributed by atoms with Gasteiger partial charge in [0.1, 0.15) is 10.4 Å². The summed E-state index contributed by atoms with van der Waals surface area (Å²) in [7, 11) is 0. The molecular formula is C7H9BrN2. The van der Waals surface area contributed by atoms with Gasteiger partial charge in [0.15, 0.2) is 0 Å². The first kappa shape index (κ1) is 1.89. The zero-order chi connectivity index (χ0) is 15.0. The molecular weight excluding hydrogens is 192 g/mol. The second-order valence-electron chi connectivity index (χ2n) is 1.77. The fraction of sp³-hybridized carbons (Fsp3) is 0.571. The van der Waals surface area contributed by atoms with E-state index in [0.717, 1.165) is 0 Å². The molecule has 0 radical (unpaired) electrons. The van der Waals surface area contributed by atoms with Crippen LogP contribution in [0.2, 0.25) is 0 Å². The smallest absolute Gasteiger partial charge is 0.124 e. The van der Waals surface area contributed by atoms with E-state index < -0.39 is 37.6 Å². The van der Waals surface area contributed by atoms with Crippen LogP contribution in [0.3, 0.4) is 0 Å². The molecule has 1 heterocycles. The Bertz CT molecular complexity index is 531. The SMILES string of the molecule is [2H]c1c(Br)nc(C([2H])([2H])[2H])n1C1([2H])C([2H])([2H])C1([2H])[2H]. The lowest BCUT2D eigenvalue weighted by molar-refractivity contribution is 0.711. The molecule has 1 aliphatic rings. The second kappa shape index (κ2) is 2.09. The summed E-state index contributed by atoms with van der Waals surface area (Å²) < 4.78 is 68.0. The lowest BCUT2D eigenvalue weighted by Gasteiger charge is -1.98. The Kier molecular flexibility index (Phi) is 0.394. The summed E-state index contributed by atoms with van der Waals surface area (Å²) in [4.78, 5) is 3.60. The van der Waals surface area contributed by atoms with Gasteiger partial charge in [-0.3, -0.25) is 0 Å². The molecule has 0 N–H and O–H groups in total. The number of halogens is 1. The molecule has 1 aliphatic carbocycles. The van der Waals surface area contributed by atoms with E-state index in [-0.39, 0.29) is 4.60 Å². The molecule has 1 aromatic rings. The Hall–Kier alpha value is -0.310. The van der Waals surface area contributed by atoms with E-state index in [1.807, 2.05) is 0 Å². The van der Waals surface area contributed by atoms with Crippen molar-refractivity contribution in [2.24, 2.45) is 0 Å². The van der Waals surface area contributed by atoms with Crippen LogP contribution in [-0.4, -0.2) is 9.55 Å². The van der Waals surface area contributed by atoms with Crippen molar-refractivity contribution < 1.29 is 12.3 Å². The fourth-order valence-corrected chi connectivity index (χ4v) is 0.960. The van der Waals surface area contributed by atoms with Gasteiger partial charge in [-0.25, -0.2) is 4.98 Å². The van der Waals surface area contributed by atoms with Gasteiger partial charge in [-0.2, -0.15) is 0 Å². The molecule has 0 amide bonds. The van der Waals surface area contributed by atoms with Crippen molar-refractivity contribution in [3.63, 3.8) is 0 Å².